The molecule has 0 spiro atoms. The smallest absolute Gasteiger partial charge is 0.231 e. The molecule has 1 saturated heterocycles. The Kier molecular flexibility index (Phi) is 3.99. The third-order valence-corrected chi connectivity index (χ3v) is 4.47. The highest BCUT2D eigenvalue weighted by Crippen LogP contribution is 2.33. The zero-order chi connectivity index (χ0) is 15.6. The van der Waals surface area contributed by atoms with Gasteiger partial charge in [0.25, 0.3) is 0 Å². The van der Waals surface area contributed by atoms with E-state index >= 15 is 0 Å². The molecule has 1 atom stereocenters. The summed E-state index contributed by atoms with van der Waals surface area (Å²) in [6, 6.07) is 18.2. The Labute approximate surface area is 132 Å². The molecule has 0 bridgehead atoms. The lowest BCUT2D eigenvalue weighted by Crippen LogP contribution is -2.35. The summed E-state index contributed by atoms with van der Waals surface area (Å²) in [6.45, 7) is 3.84. The maximum absolute atomic E-state index is 12.7. The van der Waals surface area contributed by atoms with E-state index in [1.54, 1.807) is 0 Å². The van der Waals surface area contributed by atoms with Crippen LogP contribution in [0.3, 0.4) is 0 Å². The minimum absolute atomic E-state index is 0.111. The molecule has 3 rings (SSSR count). The van der Waals surface area contributed by atoms with E-state index in [9.17, 15) is 4.79 Å². The van der Waals surface area contributed by atoms with Gasteiger partial charge in [0.2, 0.25) is 5.91 Å². The average Bonchev–Trinajstić information content (AvgIpc) is 2.89. The van der Waals surface area contributed by atoms with Gasteiger partial charge in [0.05, 0.1) is 5.41 Å². The number of hydrogen-bond donors (Lipinski definition) is 1. The van der Waals surface area contributed by atoms with Crippen LogP contribution in [0.1, 0.15) is 13.3 Å². The van der Waals surface area contributed by atoms with Crippen LogP contribution in [0, 0.1) is 5.41 Å². The lowest BCUT2D eigenvalue weighted by molar-refractivity contribution is -0.124. The standard InChI is InChI=1S/C19H22N2O/c1-19(12-13-21(2)14-19)18(22)20-17-11-7-6-10-16(17)15-8-4-3-5-9-15/h3-11H,12-14H2,1-2H3,(H,20,22). The maximum atomic E-state index is 12.7. The van der Waals surface area contributed by atoms with Crippen molar-refractivity contribution in [2.45, 2.75) is 13.3 Å². The molecule has 114 valence electrons. The number of carbonyl (C=O) groups is 1. The van der Waals surface area contributed by atoms with Gasteiger partial charge in [-0.25, -0.2) is 0 Å². The van der Waals surface area contributed by atoms with Gasteiger partial charge in [-0.15, -0.1) is 0 Å². The van der Waals surface area contributed by atoms with E-state index in [4.69, 9.17) is 0 Å². The van der Waals surface area contributed by atoms with Gasteiger partial charge in [-0.3, -0.25) is 4.79 Å². The van der Waals surface area contributed by atoms with Gasteiger partial charge in [0, 0.05) is 17.8 Å². The molecule has 0 radical (unpaired) electrons. The number of hydrogen-bond acceptors (Lipinski definition) is 2. The van der Waals surface area contributed by atoms with Crippen molar-refractivity contribution in [1.82, 2.24) is 4.90 Å². The van der Waals surface area contributed by atoms with E-state index < -0.39 is 0 Å². The van der Waals surface area contributed by atoms with E-state index in [1.165, 1.54) is 0 Å². The van der Waals surface area contributed by atoms with Crippen LogP contribution in [0.2, 0.25) is 0 Å². The first-order valence-corrected chi connectivity index (χ1v) is 7.73. The van der Waals surface area contributed by atoms with Crippen LogP contribution in [0.25, 0.3) is 11.1 Å². The average molecular weight is 294 g/mol. The van der Waals surface area contributed by atoms with Crippen molar-refractivity contribution >= 4 is 11.6 Å². The summed E-state index contributed by atoms with van der Waals surface area (Å²) in [5.41, 5.74) is 2.76. The second kappa shape index (κ2) is 5.93. The van der Waals surface area contributed by atoms with Crippen LogP contribution in [-0.4, -0.2) is 30.9 Å². The van der Waals surface area contributed by atoms with Crippen LogP contribution < -0.4 is 5.32 Å². The van der Waals surface area contributed by atoms with Crippen molar-refractivity contribution in [2.75, 3.05) is 25.5 Å². The molecule has 2 aromatic rings. The number of benzene rings is 2. The fourth-order valence-corrected chi connectivity index (χ4v) is 3.11. The first-order chi connectivity index (χ1) is 10.6. The lowest BCUT2D eigenvalue weighted by atomic mass is 9.88. The highest BCUT2D eigenvalue weighted by Gasteiger charge is 2.39. The van der Waals surface area contributed by atoms with Crippen LogP contribution >= 0.6 is 0 Å². The molecule has 1 aliphatic heterocycles. The van der Waals surface area contributed by atoms with Gasteiger partial charge < -0.3 is 10.2 Å². The first-order valence-electron chi connectivity index (χ1n) is 7.73. The fraction of sp³-hybridized carbons (Fsp3) is 0.316. The predicted molar refractivity (Wildman–Crippen MR) is 90.7 cm³/mol. The number of nitrogens with one attached hydrogen (secondary N) is 1. The highest BCUT2D eigenvalue weighted by atomic mass is 16.2. The third-order valence-electron chi connectivity index (χ3n) is 4.47. The van der Waals surface area contributed by atoms with Gasteiger partial charge in [0.15, 0.2) is 0 Å². The Hall–Kier alpha value is -2.13. The van der Waals surface area contributed by atoms with Gasteiger partial charge in [-0.1, -0.05) is 48.5 Å². The van der Waals surface area contributed by atoms with E-state index in [0.717, 1.165) is 36.3 Å². The lowest BCUT2D eigenvalue weighted by Gasteiger charge is -2.23. The van der Waals surface area contributed by atoms with Gasteiger partial charge in [-0.05, 0) is 38.6 Å². The summed E-state index contributed by atoms with van der Waals surface area (Å²) in [6.07, 6.45) is 0.906. The molecule has 1 heterocycles. The molecular weight excluding hydrogens is 272 g/mol. The molecular formula is C19H22N2O. The monoisotopic (exact) mass is 294 g/mol. The predicted octanol–water partition coefficient (Wildman–Crippen LogP) is 3.63. The van der Waals surface area contributed by atoms with E-state index in [0.29, 0.717) is 0 Å². The molecule has 2 aromatic carbocycles. The van der Waals surface area contributed by atoms with Crippen molar-refractivity contribution in [3.8, 4) is 11.1 Å². The van der Waals surface area contributed by atoms with Gasteiger partial charge in [-0.2, -0.15) is 0 Å². The minimum Gasteiger partial charge on any atom is -0.325 e. The molecule has 1 aliphatic rings. The van der Waals surface area contributed by atoms with Crippen molar-refractivity contribution in [2.24, 2.45) is 5.41 Å². The quantitative estimate of drug-likeness (QED) is 0.937. The number of amides is 1. The molecule has 3 nitrogen and oxygen atoms in total. The van der Waals surface area contributed by atoms with Crippen LogP contribution in [0.15, 0.2) is 54.6 Å². The molecule has 1 N–H and O–H groups in total. The number of para-hydroxylation sites is 1. The van der Waals surface area contributed by atoms with Crippen molar-refractivity contribution < 1.29 is 4.79 Å². The Balaban J connectivity index is 1.86. The SMILES string of the molecule is CN1CCC(C)(C(=O)Nc2ccccc2-c2ccccc2)C1. The fourth-order valence-electron chi connectivity index (χ4n) is 3.11. The highest BCUT2D eigenvalue weighted by molar-refractivity contribution is 5.99. The molecule has 0 saturated carbocycles. The van der Waals surface area contributed by atoms with Crippen molar-refractivity contribution in [3.63, 3.8) is 0 Å². The largest absolute Gasteiger partial charge is 0.325 e. The van der Waals surface area contributed by atoms with Crippen LogP contribution in [0.5, 0.6) is 0 Å². The Morgan fingerprint density at radius 1 is 1.09 bits per heavy atom. The van der Waals surface area contributed by atoms with Crippen LogP contribution in [-0.2, 0) is 4.79 Å². The third kappa shape index (κ3) is 2.90. The number of rotatable bonds is 3. The summed E-state index contributed by atoms with van der Waals surface area (Å²) in [7, 11) is 2.07. The molecule has 1 amide bonds. The van der Waals surface area contributed by atoms with Gasteiger partial charge >= 0.3 is 0 Å². The Morgan fingerprint density at radius 2 is 1.77 bits per heavy atom. The zero-order valence-corrected chi connectivity index (χ0v) is 13.2. The molecule has 1 fully saturated rings. The number of carbonyl (C=O) groups excluding carboxylic acids is 1. The van der Waals surface area contributed by atoms with E-state index in [2.05, 4.69) is 36.3 Å². The van der Waals surface area contributed by atoms with Gasteiger partial charge in [0.1, 0.15) is 0 Å². The number of anilines is 1. The number of likely N-dealkylation sites (tertiary alicyclic amines) is 1. The second-order valence-electron chi connectivity index (χ2n) is 6.41. The summed E-state index contributed by atoms with van der Waals surface area (Å²) in [5.74, 6) is 0.111. The summed E-state index contributed by atoms with van der Waals surface area (Å²) in [5, 5.41) is 3.15. The van der Waals surface area contributed by atoms with E-state index in [1.807, 2.05) is 42.5 Å². The number of nitrogens with zero attached hydrogens (tertiary/aromatic N) is 1. The molecule has 0 aromatic heterocycles. The normalized spacial score (nSPS) is 21.7. The van der Waals surface area contributed by atoms with Crippen molar-refractivity contribution in [1.29, 1.82) is 0 Å². The van der Waals surface area contributed by atoms with E-state index in [-0.39, 0.29) is 11.3 Å². The molecule has 0 aliphatic carbocycles. The minimum atomic E-state index is -0.307. The Bertz CT molecular complexity index is 668. The van der Waals surface area contributed by atoms with Crippen molar-refractivity contribution in [3.05, 3.63) is 54.6 Å². The summed E-state index contributed by atoms with van der Waals surface area (Å²) >= 11 is 0. The first kappa shape index (κ1) is 14.8. The summed E-state index contributed by atoms with van der Waals surface area (Å²) < 4.78 is 0. The maximum Gasteiger partial charge on any atom is 0.231 e. The topological polar surface area (TPSA) is 32.3 Å². The Morgan fingerprint density at radius 3 is 2.45 bits per heavy atom. The molecule has 22 heavy (non-hydrogen) atoms. The second-order valence-corrected chi connectivity index (χ2v) is 6.41. The zero-order valence-electron chi connectivity index (χ0n) is 13.2. The van der Waals surface area contributed by atoms with Crippen LogP contribution in [0.4, 0.5) is 5.69 Å². The summed E-state index contributed by atoms with van der Waals surface area (Å²) in [4.78, 5) is 14.9. The molecule has 1 unspecified atom stereocenters. The molecule has 3 heteroatoms.